The quantitative estimate of drug-likeness (QED) is 0.861. The third-order valence-corrected chi connectivity index (χ3v) is 4.86. The molecule has 6 nitrogen and oxygen atoms in total. The predicted molar refractivity (Wildman–Crippen MR) is 90.3 cm³/mol. The summed E-state index contributed by atoms with van der Waals surface area (Å²) in [6.07, 6.45) is 5.14. The van der Waals surface area contributed by atoms with Crippen LogP contribution in [0.25, 0.3) is 10.9 Å². The van der Waals surface area contributed by atoms with Crippen LogP contribution in [-0.4, -0.2) is 40.1 Å². The molecule has 0 saturated carbocycles. The van der Waals surface area contributed by atoms with Crippen molar-refractivity contribution in [3.8, 4) is 5.75 Å². The molecular formula is C18H21N3O3. The maximum Gasteiger partial charge on any atom is 0.261 e. The van der Waals surface area contributed by atoms with Crippen LogP contribution in [0.1, 0.15) is 31.5 Å². The number of ether oxygens (including phenoxy) is 1. The van der Waals surface area contributed by atoms with Crippen molar-refractivity contribution in [3.05, 3.63) is 34.4 Å². The number of aromatic nitrogens is 2. The summed E-state index contributed by atoms with van der Waals surface area (Å²) in [5, 5.41) is 0.559. The molecule has 1 fully saturated rings. The summed E-state index contributed by atoms with van der Waals surface area (Å²) in [7, 11) is 0. The minimum atomic E-state index is -0.0136. The van der Waals surface area contributed by atoms with E-state index in [0.717, 1.165) is 51.1 Å². The monoisotopic (exact) mass is 327 g/mol. The van der Waals surface area contributed by atoms with Gasteiger partial charge in [0.2, 0.25) is 0 Å². The molecular weight excluding hydrogens is 306 g/mol. The van der Waals surface area contributed by atoms with Crippen molar-refractivity contribution in [2.24, 2.45) is 0 Å². The van der Waals surface area contributed by atoms with Crippen LogP contribution < -0.4 is 10.3 Å². The maximum atomic E-state index is 12.6. The first-order chi connectivity index (χ1) is 11.7. The highest BCUT2D eigenvalue weighted by Crippen LogP contribution is 2.20. The van der Waals surface area contributed by atoms with Crippen LogP contribution in [0, 0.1) is 0 Å². The minimum Gasteiger partial charge on any atom is -0.484 e. The Morgan fingerprint density at radius 2 is 1.96 bits per heavy atom. The van der Waals surface area contributed by atoms with Gasteiger partial charge in [0.05, 0.1) is 10.9 Å². The summed E-state index contributed by atoms with van der Waals surface area (Å²) in [5.41, 5.74) is 0.683. The van der Waals surface area contributed by atoms with Crippen molar-refractivity contribution in [3.63, 3.8) is 0 Å². The Labute approximate surface area is 140 Å². The van der Waals surface area contributed by atoms with Crippen LogP contribution >= 0.6 is 0 Å². The van der Waals surface area contributed by atoms with Crippen molar-refractivity contribution >= 4 is 16.8 Å². The number of likely N-dealkylation sites (tertiary alicyclic amines) is 1. The van der Waals surface area contributed by atoms with E-state index in [1.807, 2.05) is 4.90 Å². The normalized spacial score (nSPS) is 17.1. The highest BCUT2D eigenvalue weighted by molar-refractivity contribution is 5.80. The van der Waals surface area contributed by atoms with Gasteiger partial charge in [-0.1, -0.05) is 0 Å². The van der Waals surface area contributed by atoms with Gasteiger partial charge in [0.15, 0.2) is 6.61 Å². The average Bonchev–Trinajstić information content (AvgIpc) is 3.09. The summed E-state index contributed by atoms with van der Waals surface area (Å²) in [6, 6.07) is 5.29. The SMILES string of the molecule is O=C(COc1ccc2nc3n(c(=O)c2c1)CCC3)N1CCCCC1. The first-order valence-electron chi connectivity index (χ1n) is 8.66. The average molecular weight is 327 g/mol. The van der Waals surface area contributed by atoms with Gasteiger partial charge in [-0.25, -0.2) is 4.98 Å². The van der Waals surface area contributed by atoms with Crippen LogP contribution in [0.5, 0.6) is 5.75 Å². The maximum absolute atomic E-state index is 12.6. The van der Waals surface area contributed by atoms with Crippen LogP contribution in [0.4, 0.5) is 0 Å². The lowest BCUT2D eigenvalue weighted by molar-refractivity contribution is -0.134. The molecule has 0 unspecified atom stereocenters. The first-order valence-corrected chi connectivity index (χ1v) is 8.66. The number of amides is 1. The van der Waals surface area contributed by atoms with E-state index in [2.05, 4.69) is 4.98 Å². The van der Waals surface area contributed by atoms with Gasteiger partial charge in [-0.15, -0.1) is 0 Å². The Morgan fingerprint density at radius 1 is 1.12 bits per heavy atom. The summed E-state index contributed by atoms with van der Waals surface area (Å²) in [6.45, 7) is 2.38. The van der Waals surface area contributed by atoms with E-state index in [0.29, 0.717) is 16.7 Å². The molecule has 6 heteroatoms. The van der Waals surface area contributed by atoms with E-state index < -0.39 is 0 Å². The molecule has 2 aromatic rings. The van der Waals surface area contributed by atoms with Crippen LogP contribution in [0.3, 0.4) is 0 Å². The lowest BCUT2D eigenvalue weighted by Crippen LogP contribution is -2.38. The second-order valence-electron chi connectivity index (χ2n) is 6.50. The summed E-state index contributed by atoms with van der Waals surface area (Å²) in [5.74, 6) is 1.42. The van der Waals surface area contributed by atoms with Gasteiger partial charge in [-0.05, 0) is 43.9 Å². The molecule has 0 spiro atoms. The van der Waals surface area contributed by atoms with Gasteiger partial charge in [0, 0.05) is 26.1 Å². The van der Waals surface area contributed by atoms with Gasteiger partial charge in [0.1, 0.15) is 11.6 Å². The molecule has 0 radical (unpaired) electrons. The number of aryl methyl sites for hydroxylation is 1. The molecule has 0 atom stereocenters. The topological polar surface area (TPSA) is 64.4 Å². The fraction of sp³-hybridized carbons (Fsp3) is 0.500. The van der Waals surface area contributed by atoms with Crippen LogP contribution in [0.15, 0.2) is 23.0 Å². The standard InChI is InChI=1S/C18H21N3O3/c22-17(20-8-2-1-3-9-20)12-24-13-6-7-15-14(11-13)18(23)21-10-4-5-16(21)19-15/h6-7,11H,1-5,8-10,12H2. The first kappa shape index (κ1) is 15.2. The molecule has 3 heterocycles. The molecule has 2 aliphatic heterocycles. The molecule has 2 aliphatic rings. The molecule has 0 aliphatic carbocycles. The number of benzene rings is 1. The highest BCUT2D eigenvalue weighted by atomic mass is 16.5. The Balaban J connectivity index is 1.53. The summed E-state index contributed by atoms with van der Waals surface area (Å²) >= 11 is 0. The number of carbonyl (C=O) groups excluding carboxylic acids is 1. The van der Waals surface area contributed by atoms with E-state index in [4.69, 9.17) is 4.74 Å². The predicted octanol–water partition coefficient (Wildman–Crippen LogP) is 1.73. The Hall–Kier alpha value is -2.37. The number of hydrogen-bond acceptors (Lipinski definition) is 4. The Bertz CT molecular complexity index is 837. The zero-order valence-corrected chi connectivity index (χ0v) is 13.7. The van der Waals surface area contributed by atoms with Crippen molar-refractivity contribution in [1.29, 1.82) is 0 Å². The number of rotatable bonds is 3. The molecule has 0 N–H and O–H groups in total. The number of carbonyl (C=O) groups is 1. The molecule has 4 rings (SSSR count). The number of fused-ring (bicyclic) bond motifs is 2. The smallest absolute Gasteiger partial charge is 0.261 e. The minimum absolute atomic E-state index is 0.0126. The van der Waals surface area contributed by atoms with E-state index in [9.17, 15) is 9.59 Å². The fourth-order valence-corrected chi connectivity index (χ4v) is 3.53. The molecule has 1 aromatic carbocycles. The van der Waals surface area contributed by atoms with Gasteiger partial charge < -0.3 is 9.64 Å². The van der Waals surface area contributed by atoms with E-state index in [-0.39, 0.29) is 18.1 Å². The second-order valence-corrected chi connectivity index (χ2v) is 6.50. The van der Waals surface area contributed by atoms with Crippen molar-refractivity contribution < 1.29 is 9.53 Å². The third kappa shape index (κ3) is 2.77. The second kappa shape index (κ2) is 6.26. The molecule has 1 aromatic heterocycles. The van der Waals surface area contributed by atoms with Crippen LogP contribution in [-0.2, 0) is 17.8 Å². The van der Waals surface area contributed by atoms with Gasteiger partial charge >= 0.3 is 0 Å². The molecule has 1 saturated heterocycles. The lowest BCUT2D eigenvalue weighted by Gasteiger charge is -2.26. The molecule has 24 heavy (non-hydrogen) atoms. The van der Waals surface area contributed by atoms with Gasteiger partial charge in [-0.3, -0.25) is 14.2 Å². The molecule has 0 bridgehead atoms. The number of piperidine rings is 1. The summed E-state index contributed by atoms with van der Waals surface area (Å²) in [4.78, 5) is 31.1. The van der Waals surface area contributed by atoms with Gasteiger partial charge in [-0.2, -0.15) is 0 Å². The number of nitrogens with zero attached hydrogens (tertiary/aromatic N) is 3. The summed E-state index contributed by atoms with van der Waals surface area (Å²) < 4.78 is 7.38. The number of hydrogen-bond donors (Lipinski definition) is 0. The van der Waals surface area contributed by atoms with Gasteiger partial charge in [0.25, 0.3) is 11.5 Å². The van der Waals surface area contributed by atoms with Crippen molar-refractivity contribution in [2.45, 2.75) is 38.6 Å². The zero-order valence-electron chi connectivity index (χ0n) is 13.7. The van der Waals surface area contributed by atoms with Crippen LogP contribution in [0.2, 0.25) is 0 Å². The van der Waals surface area contributed by atoms with E-state index >= 15 is 0 Å². The third-order valence-electron chi connectivity index (χ3n) is 4.86. The van der Waals surface area contributed by atoms with E-state index in [1.165, 1.54) is 6.42 Å². The zero-order chi connectivity index (χ0) is 16.5. The Kier molecular flexibility index (Phi) is 3.96. The largest absolute Gasteiger partial charge is 0.484 e. The molecule has 1 amide bonds. The fourth-order valence-electron chi connectivity index (χ4n) is 3.53. The molecule has 126 valence electrons. The van der Waals surface area contributed by atoms with Crippen molar-refractivity contribution in [2.75, 3.05) is 19.7 Å². The highest BCUT2D eigenvalue weighted by Gasteiger charge is 2.18. The Morgan fingerprint density at radius 3 is 2.79 bits per heavy atom. The lowest BCUT2D eigenvalue weighted by atomic mass is 10.1. The van der Waals surface area contributed by atoms with Crippen molar-refractivity contribution in [1.82, 2.24) is 14.5 Å². The van der Waals surface area contributed by atoms with E-state index in [1.54, 1.807) is 22.8 Å².